The minimum absolute atomic E-state index is 0.0328. The zero-order valence-electron chi connectivity index (χ0n) is 43.8. The molecule has 0 heterocycles. The average molecular weight is 936 g/mol. The van der Waals surface area contributed by atoms with Crippen molar-refractivity contribution >= 4 is 17.9 Å². The van der Waals surface area contributed by atoms with E-state index in [0.717, 1.165) is 96.3 Å². The van der Waals surface area contributed by atoms with Crippen LogP contribution < -0.4 is 5.11 Å². The number of nitrogens with zero attached hydrogens (tertiary/aromatic N) is 1. The lowest BCUT2D eigenvalue weighted by atomic mass is 10.0. The second-order valence-corrected chi connectivity index (χ2v) is 19.1. The van der Waals surface area contributed by atoms with Gasteiger partial charge in [-0.05, 0) is 83.5 Å². The van der Waals surface area contributed by atoms with Gasteiger partial charge >= 0.3 is 11.9 Å². The standard InChI is InChI=1S/C59H101NO7/c1-6-8-10-12-14-16-18-20-22-24-26-28-29-30-32-33-35-37-39-41-43-45-47-49-57(61)66-54-55(53-65-52-51-56(59(63)64)60(3,4)5)67-58(62)50-48-46-44-42-40-38-36-34-31-27-25-23-21-19-17-15-13-11-9-7-2/h8-11,14-17,20-23,27,31,55-56H,6-7,12-13,18-19,24-26,28-30,32-54H2,1-5H3/b10-8+,11-9+,16-14+,17-15+,22-20+,23-21+,31-27+. The van der Waals surface area contributed by atoms with Crippen molar-refractivity contribution in [1.82, 2.24) is 0 Å². The van der Waals surface area contributed by atoms with Crippen LogP contribution in [0, 0.1) is 0 Å². The van der Waals surface area contributed by atoms with Crippen molar-refractivity contribution in [2.24, 2.45) is 0 Å². The molecular weight excluding hydrogens is 835 g/mol. The Morgan fingerprint density at radius 3 is 1.16 bits per heavy atom. The van der Waals surface area contributed by atoms with Gasteiger partial charge in [0.2, 0.25) is 0 Å². The van der Waals surface area contributed by atoms with Gasteiger partial charge in [-0.1, -0.05) is 202 Å². The first kappa shape index (κ1) is 63.5. The van der Waals surface area contributed by atoms with Gasteiger partial charge in [-0.3, -0.25) is 9.59 Å². The number of likely N-dealkylation sites (N-methyl/N-ethyl adjacent to an activating group) is 1. The fourth-order valence-corrected chi connectivity index (χ4v) is 7.67. The molecule has 0 N–H and O–H groups in total. The predicted molar refractivity (Wildman–Crippen MR) is 282 cm³/mol. The van der Waals surface area contributed by atoms with E-state index in [-0.39, 0.29) is 42.7 Å². The molecule has 2 atom stereocenters. The molecule has 8 heteroatoms. The molecule has 0 aromatic rings. The van der Waals surface area contributed by atoms with Crippen molar-refractivity contribution in [2.75, 3.05) is 41.0 Å². The summed E-state index contributed by atoms with van der Waals surface area (Å²) in [7, 11) is 5.41. The monoisotopic (exact) mass is 936 g/mol. The van der Waals surface area contributed by atoms with Crippen LogP contribution in [0.4, 0.5) is 0 Å². The Labute approximate surface area is 412 Å². The van der Waals surface area contributed by atoms with Gasteiger partial charge in [0.1, 0.15) is 12.6 Å². The Morgan fingerprint density at radius 2 is 0.791 bits per heavy atom. The number of carbonyl (C=O) groups excluding carboxylic acids is 3. The van der Waals surface area contributed by atoms with Gasteiger partial charge in [0, 0.05) is 19.3 Å². The molecule has 0 saturated heterocycles. The molecule has 0 rings (SSSR count). The first-order valence-electron chi connectivity index (χ1n) is 27.1. The summed E-state index contributed by atoms with van der Waals surface area (Å²) in [6.45, 7) is 4.44. The van der Waals surface area contributed by atoms with E-state index in [1.807, 2.05) is 0 Å². The van der Waals surface area contributed by atoms with Gasteiger partial charge in [-0.25, -0.2) is 0 Å². The lowest BCUT2D eigenvalue weighted by Crippen LogP contribution is -2.55. The number of quaternary nitrogens is 1. The molecule has 0 radical (unpaired) electrons. The Morgan fingerprint density at radius 1 is 0.448 bits per heavy atom. The molecule has 0 bridgehead atoms. The van der Waals surface area contributed by atoms with Crippen LogP contribution in [0.5, 0.6) is 0 Å². The van der Waals surface area contributed by atoms with Crippen LogP contribution in [0.3, 0.4) is 0 Å². The van der Waals surface area contributed by atoms with Crippen LogP contribution in [0.25, 0.3) is 0 Å². The number of aliphatic carboxylic acids is 1. The van der Waals surface area contributed by atoms with Crippen LogP contribution >= 0.6 is 0 Å². The van der Waals surface area contributed by atoms with Gasteiger partial charge < -0.3 is 28.6 Å². The Hall–Kier alpha value is -3.49. The molecule has 0 aromatic carbocycles. The molecule has 0 amide bonds. The summed E-state index contributed by atoms with van der Waals surface area (Å²) < 4.78 is 17.3. The lowest BCUT2D eigenvalue weighted by molar-refractivity contribution is -0.889. The minimum atomic E-state index is -1.13. The second kappa shape index (κ2) is 48.9. The lowest BCUT2D eigenvalue weighted by Gasteiger charge is -2.34. The van der Waals surface area contributed by atoms with Crippen molar-refractivity contribution in [3.05, 3.63) is 85.1 Å². The molecule has 0 aliphatic carbocycles. The summed E-state index contributed by atoms with van der Waals surface area (Å²) in [6.07, 6.45) is 64.7. The van der Waals surface area contributed by atoms with Crippen LogP contribution in [-0.4, -0.2) is 75.5 Å². The zero-order chi connectivity index (χ0) is 49.2. The van der Waals surface area contributed by atoms with Crippen molar-refractivity contribution in [2.45, 2.75) is 231 Å². The number of hydrogen-bond acceptors (Lipinski definition) is 7. The zero-order valence-corrected chi connectivity index (χ0v) is 43.8. The SMILES string of the molecule is CC/C=C/C/C=C/C/C=C/C/C=C/CCCCCCCCCC(=O)OC(COCCC(C(=O)[O-])[N+](C)(C)C)COC(=O)CCCCCCCCCCCCCCC/C=C/C/C=C/C/C=C/CC. The maximum Gasteiger partial charge on any atom is 0.306 e. The molecule has 0 aromatic heterocycles. The second-order valence-electron chi connectivity index (χ2n) is 19.1. The number of hydrogen-bond donors (Lipinski definition) is 0. The molecule has 0 fully saturated rings. The molecule has 384 valence electrons. The quantitative estimate of drug-likeness (QED) is 0.0259. The molecule has 0 aliphatic rings. The van der Waals surface area contributed by atoms with E-state index in [0.29, 0.717) is 12.8 Å². The Kier molecular flexibility index (Phi) is 46.4. The van der Waals surface area contributed by atoms with E-state index in [4.69, 9.17) is 14.2 Å². The normalized spacial score (nSPS) is 13.5. The number of carboxylic acids is 1. The number of unbranched alkanes of at least 4 members (excludes halogenated alkanes) is 20. The highest BCUT2D eigenvalue weighted by molar-refractivity contribution is 5.70. The molecule has 2 unspecified atom stereocenters. The van der Waals surface area contributed by atoms with Crippen LogP contribution in [0.1, 0.15) is 219 Å². The van der Waals surface area contributed by atoms with Crippen LogP contribution in [0.15, 0.2) is 85.1 Å². The van der Waals surface area contributed by atoms with Gasteiger partial charge in [-0.2, -0.15) is 0 Å². The molecular formula is C59H101NO7. The summed E-state index contributed by atoms with van der Waals surface area (Å²) in [6, 6.07) is -0.733. The summed E-state index contributed by atoms with van der Waals surface area (Å²) in [5.74, 6) is -1.75. The molecule has 0 saturated carbocycles. The number of carbonyl (C=O) groups is 3. The topological polar surface area (TPSA) is 102 Å². The van der Waals surface area contributed by atoms with E-state index in [1.54, 1.807) is 21.1 Å². The predicted octanol–water partition coefficient (Wildman–Crippen LogP) is 14.7. The third kappa shape index (κ3) is 47.4. The molecule has 8 nitrogen and oxygen atoms in total. The van der Waals surface area contributed by atoms with E-state index in [1.165, 1.54) is 89.9 Å². The van der Waals surface area contributed by atoms with Crippen LogP contribution in [-0.2, 0) is 28.6 Å². The smallest absolute Gasteiger partial charge is 0.306 e. The maximum absolute atomic E-state index is 12.8. The van der Waals surface area contributed by atoms with Gasteiger partial charge in [0.15, 0.2) is 6.10 Å². The van der Waals surface area contributed by atoms with Crippen molar-refractivity contribution < 1.29 is 38.2 Å². The number of rotatable bonds is 48. The van der Waals surface area contributed by atoms with Gasteiger partial charge in [0.05, 0.1) is 40.3 Å². The first-order chi connectivity index (χ1) is 32.6. The number of allylic oxidation sites excluding steroid dienone is 14. The maximum atomic E-state index is 12.8. The minimum Gasteiger partial charge on any atom is -0.544 e. The van der Waals surface area contributed by atoms with E-state index < -0.39 is 18.1 Å². The highest BCUT2D eigenvalue weighted by Crippen LogP contribution is 2.15. The van der Waals surface area contributed by atoms with Crippen molar-refractivity contribution in [3.8, 4) is 0 Å². The average Bonchev–Trinajstić information content (AvgIpc) is 3.29. The van der Waals surface area contributed by atoms with Gasteiger partial charge in [-0.15, -0.1) is 0 Å². The Balaban J connectivity index is 4.22. The van der Waals surface area contributed by atoms with Crippen molar-refractivity contribution in [1.29, 1.82) is 0 Å². The third-order valence-electron chi connectivity index (χ3n) is 11.8. The number of esters is 2. The van der Waals surface area contributed by atoms with E-state index in [9.17, 15) is 19.5 Å². The molecule has 67 heavy (non-hydrogen) atoms. The first-order valence-corrected chi connectivity index (χ1v) is 27.1. The Bertz CT molecular complexity index is 1370. The van der Waals surface area contributed by atoms with E-state index >= 15 is 0 Å². The molecule has 0 spiro atoms. The summed E-state index contributed by atoms with van der Waals surface area (Å²) in [4.78, 5) is 37.1. The third-order valence-corrected chi connectivity index (χ3v) is 11.8. The van der Waals surface area contributed by atoms with Gasteiger partial charge in [0.25, 0.3) is 0 Å². The highest BCUT2D eigenvalue weighted by Gasteiger charge is 2.25. The fourth-order valence-electron chi connectivity index (χ4n) is 7.67. The fraction of sp³-hybridized carbons (Fsp3) is 0.712. The highest BCUT2D eigenvalue weighted by atomic mass is 16.6. The number of ether oxygens (including phenoxy) is 3. The molecule has 0 aliphatic heterocycles. The van der Waals surface area contributed by atoms with Crippen LogP contribution in [0.2, 0.25) is 0 Å². The summed E-state index contributed by atoms with van der Waals surface area (Å²) in [5.41, 5.74) is 0. The largest absolute Gasteiger partial charge is 0.544 e. The van der Waals surface area contributed by atoms with E-state index in [2.05, 4.69) is 98.9 Å². The summed E-state index contributed by atoms with van der Waals surface area (Å²) in [5, 5.41) is 11.7. The van der Waals surface area contributed by atoms with Crippen molar-refractivity contribution in [3.63, 3.8) is 0 Å². The summed E-state index contributed by atoms with van der Waals surface area (Å²) >= 11 is 0. The number of carboxylic acid groups (broad SMARTS) is 1.